The van der Waals surface area contributed by atoms with Gasteiger partial charge in [-0.1, -0.05) is 18.2 Å². The van der Waals surface area contributed by atoms with Crippen LogP contribution in [0.15, 0.2) is 67.1 Å². The largest absolute Gasteiger partial charge is 0.337 e. The zero-order valence-electron chi connectivity index (χ0n) is 14.5. The summed E-state index contributed by atoms with van der Waals surface area (Å²) in [6, 6.07) is 13.7. The van der Waals surface area contributed by atoms with E-state index in [0.29, 0.717) is 22.8 Å². The second-order valence-corrected chi connectivity index (χ2v) is 6.01. The van der Waals surface area contributed by atoms with E-state index in [4.69, 9.17) is 0 Å². The summed E-state index contributed by atoms with van der Waals surface area (Å²) < 4.78 is 15.3. The molecule has 0 atom stereocenters. The number of nitrogens with one attached hydrogen (secondary N) is 2. The van der Waals surface area contributed by atoms with Gasteiger partial charge in [-0.15, -0.1) is 0 Å². The number of nitrogens with zero attached hydrogens (tertiary/aromatic N) is 3. The van der Waals surface area contributed by atoms with Crippen molar-refractivity contribution in [1.29, 1.82) is 0 Å². The molecule has 0 aliphatic rings. The van der Waals surface area contributed by atoms with E-state index in [2.05, 4.69) is 20.6 Å². The molecule has 0 saturated carbocycles. The summed E-state index contributed by atoms with van der Waals surface area (Å²) in [6.07, 6.45) is 5.19. The average molecular weight is 361 g/mol. The molecule has 0 unspecified atom stereocenters. The summed E-state index contributed by atoms with van der Waals surface area (Å²) >= 11 is 0. The van der Waals surface area contributed by atoms with Crippen LogP contribution in [0.4, 0.5) is 21.6 Å². The van der Waals surface area contributed by atoms with E-state index < -0.39 is 0 Å². The first kappa shape index (κ1) is 16.7. The second-order valence-electron chi connectivity index (χ2n) is 6.01. The van der Waals surface area contributed by atoms with Crippen LogP contribution in [0.2, 0.25) is 0 Å². The Hall–Kier alpha value is -3.74. The number of aromatic nitrogens is 3. The standard InChI is InChI=1S/C20H16FN5O/c1-13(27)24-16-6-2-4-14(10-16)18-12-23-20-19(22-8-9-26(18)20)25-17-7-3-5-15(21)11-17/h2-12H,1H3,(H,22,25)(H,24,27). The first-order valence-electron chi connectivity index (χ1n) is 8.33. The van der Waals surface area contributed by atoms with Gasteiger partial charge in [-0.25, -0.2) is 14.4 Å². The summed E-state index contributed by atoms with van der Waals surface area (Å²) in [5.41, 5.74) is 3.66. The van der Waals surface area contributed by atoms with Crippen LogP contribution in [0.5, 0.6) is 0 Å². The molecule has 27 heavy (non-hydrogen) atoms. The fourth-order valence-corrected chi connectivity index (χ4v) is 2.88. The molecule has 4 rings (SSSR count). The maximum absolute atomic E-state index is 13.4. The molecule has 7 heteroatoms. The number of fused-ring (bicyclic) bond motifs is 1. The lowest BCUT2D eigenvalue weighted by molar-refractivity contribution is -0.114. The van der Waals surface area contributed by atoms with E-state index in [0.717, 1.165) is 11.3 Å². The number of anilines is 3. The highest BCUT2D eigenvalue weighted by molar-refractivity contribution is 5.89. The van der Waals surface area contributed by atoms with Gasteiger partial charge in [-0.3, -0.25) is 9.20 Å². The van der Waals surface area contributed by atoms with Gasteiger partial charge in [-0.2, -0.15) is 0 Å². The fourth-order valence-electron chi connectivity index (χ4n) is 2.88. The molecule has 2 aromatic carbocycles. The smallest absolute Gasteiger partial charge is 0.221 e. The first-order valence-corrected chi connectivity index (χ1v) is 8.33. The van der Waals surface area contributed by atoms with E-state index in [1.54, 1.807) is 30.7 Å². The minimum atomic E-state index is -0.328. The number of imidazole rings is 1. The predicted octanol–water partition coefficient (Wildman–Crippen LogP) is 4.24. The zero-order valence-corrected chi connectivity index (χ0v) is 14.5. The molecule has 134 valence electrons. The van der Waals surface area contributed by atoms with E-state index in [-0.39, 0.29) is 11.7 Å². The number of carbonyl (C=O) groups is 1. The summed E-state index contributed by atoms with van der Waals surface area (Å²) in [4.78, 5) is 20.1. The van der Waals surface area contributed by atoms with Crippen LogP contribution in [0.1, 0.15) is 6.92 Å². The van der Waals surface area contributed by atoms with Crippen molar-refractivity contribution in [2.45, 2.75) is 6.92 Å². The highest BCUT2D eigenvalue weighted by atomic mass is 19.1. The molecule has 0 aliphatic heterocycles. The zero-order chi connectivity index (χ0) is 18.8. The molecule has 0 fully saturated rings. The summed E-state index contributed by atoms with van der Waals surface area (Å²) in [5, 5.41) is 5.87. The van der Waals surface area contributed by atoms with Crippen LogP contribution in [0, 0.1) is 5.82 Å². The quantitative estimate of drug-likeness (QED) is 0.570. The number of halogens is 1. The number of rotatable bonds is 4. The molecule has 6 nitrogen and oxygen atoms in total. The van der Waals surface area contributed by atoms with Gasteiger partial charge >= 0.3 is 0 Å². The monoisotopic (exact) mass is 361 g/mol. The number of carbonyl (C=O) groups excluding carboxylic acids is 1. The van der Waals surface area contributed by atoms with Crippen LogP contribution < -0.4 is 10.6 Å². The Kier molecular flexibility index (Phi) is 4.25. The summed E-state index contributed by atoms with van der Waals surface area (Å²) in [7, 11) is 0. The summed E-state index contributed by atoms with van der Waals surface area (Å²) in [6.45, 7) is 1.47. The third kappa shape index (κ3) is 3.48. The van der Waals surface area contributed by atoms with Crippen molar-refractivity contribution in [3.05, 3.63) is 72.9 Å². The highest BCUT2D eigenvalue weighted by Gasteiger charge is 2.11. The molecular formula is C20H16FN5O. The van der Waals surface area contributed by atoms with Crippen LogP contribution in [0.3, 0.4) is 0 Å². The number of hydrogen-bond donors (Lipinski definition) is 2. The fraction of sp³-hybridized carbons (Fsp3) is 0.0500. The van der Waals surface area contributed by atoms with Gasteiger partial charge in [0.2, 0.25) is 5.91 Å². The molecule has 0 saturated heterocycles. The van der Waals surface area contributed by atoms with E-state index in [9.17, 15) is 9.18 Å². The van der Waals surface area contributed by atoms with Crippen molar-refractivity contribution in [3.8, 4) is 11.3 Å². The molecule has 0 spiro atoms. The van der Waals surface area contributed by atoms with Gasteiger partial charge in [0.05, 0.1) is 11.9 Å². The van der Waals surface area contributed by atoms with Crippen LogP contribution >= 0.6 is 0 Å². The molecule has 0 bridgehead atoms. The normalized spacial score (nSPS) is 10.7. The molecule has 2 aromatic heterocycles. The lowest BCUT2D eigenvalue weighted by Crippen LogP contribution is -2.05. The van der Waals surface area contributed by atoms with Crippen molar-refractivity contribution in [2.24, 2.45) is 0 Å². The lowest BCUT2D eigenvalue weighted by Gasteiger charge is -2.09. The molecular weight excluding hydrogens is 345 g/mol. The first-order chi connectivity index (χ1) is 13.1. The van der Waals surface area contributed by atoms with Gasteiger partial charge in [0.15, 0.2) is 11.5 Å². The SMILES string of the molecule is CC(=O)Nc1cccc(-c2cnc3c(Nc4cccc(F)c4)nccn23)c1. The highest BCUT2D eigenvalue weighted by Crippen LogP contribution is 2.27. The maximum Gasteiger partial charge on any atom is 0.221 e. The van der Waals surface area contributed by atoms with Gasteiger partial charge in [0.1, 0.15) is 5.82 Å². The third-order valence-electron chi connectivity index (χ3n) is 3.99. The Bertz CT molecular complexity index is 1140. The molecule has 0 aliphatic carbocycles. The molecule has 0 radical (unpaired) electrons. The second kappa shape index (κ2) is 6.87. The molecule has 1 amide bonds. The predicted molar refractivity (Wildman–Crippen MR) is 102 cm³/mol. The molecule has 4 aromatic rings. The van der Waals surface area contributed by atoms with Crippen LogP contribution in [0.25, 0.3) is 16.9 Å². The van der Waals surface area contributed by atoms with Crippen molar-refractivity contribution in [1.82, 2.24) is 14.4 Å². The Labute approximate surface area is 154 Å². The number of amides is 1. The van der Waals surface area contributed by atoms with Gasteiger partial charge in [-0.05, 0) is 30.3 Å². The molecule has 2 heterocycles. The van der Waals surface area contributed by atoms with E-state index in [1.807, 2.05) is 28.7 Å². The molecule has 2 N–H and O–H groups in total. The minimum absolute atomic E-state index is 0.129. The minimum Gasteiger partial charge on any atom is -0.337 e. The van der Waals surface area contributed by atoms with E-state index in [1.165, 1.54) is 19.1 Å². The number of hydrogen-bond acceptors (Lipinski definition) is 4. The van der Waals surface area contributed by atoms with Gasteiger partial charge in [0, 0.05) is 36.3 Å². The van der Waals surface area contributed by atoms with Crippen molar-refractivity contribution < 1.29 is 9.18 Å². The van der Waals surface area contributed by atoms with Crippen LogP contribution in [-0.4, -0.2) is 20.3 Å². The topological polar surface area (TPSA) is 71.3 Å². The summed E-state index contributed by atoms with van der Waals surface area (Å²) in [5.74, 6) is 0.0641. The van der Waals surface area contributed by atoms with Crippen LogP contribution in [-0.2, 0) is 4.79 Å². The Morgan fingerprint density at radius 2 is 1.89 bits per heavy atom. The van der Waals surface area contributed by atoms with Gasteiger partial charge in [0.25, 0.3) is 0 Å². The Morgan fingerprint density at radius 3 is 2.70 bits per heavy atom. The van der Waals surface area contributed by atoms with Crippen molar-refractivity contribution in [3.63, 3.8) is 0 Å². The number of benzene rings is 2. The van der Waals surface area contributed by atoms with Gasteiger partial charge < -0.3 is 10.6 Å². The Balaban J connectivity index is 1.73. The average Bonchev–Trinajstić information content (AvgIpc) is 3.07. The maximum atomic E-state index is 13.4. The van der Waals surface area contributed by atoms with E-state index >= 15 is 0 Å². The lowest BCUT2D eigenvalue weighted by atomic mass is 10.1. The third-order valence-corrected chi connectivity index (χ3v) is 3.99. The van der Waals surface area contributed by atoms with Crippen molar-refractivity contribution >= 4 is 28.7 Å². The Morgan fingerprint density at radius 1 is 1.07 bits per heavy atom. The van der Waals surface area contributed by atoms with Crippen molar-refractivity contribution in [2.75, 3.05) is 10.6 Å².